The Morgan fingerprint density at radius 2 is 1.71 bits per heavy atom. The smallest absolute Gasteiger partial charge is 0.320 e. The third-order valence-electron chi connectivity index (χ3n) is 2.70. The summed E-state index contributed by atoms with van der Waals surface area (Å²) in [4.78, 5) is 32.4. The molecule has 0 fully saturated rings. The van der Waals surface area contributed by atoms with E-state index in [1.165, 1.54) is 0 Å². The highest BCUT2D eigenvalue weighted by molar-refractivity contribution is 5.74. The van der Waals surface area contributed by atoms with Gasteiger partial charge < -0.3 is 20.7 Å². The highest BCUT2D eigenvalue weighted by Gasteiger charge is 2.12. The van der Waals surface area contributed by atoms with Crippen LogP contribution in [0.5, 0.6) is 5.75 Å². The second-order valence-corrected chi connectivity index (χ2v) is 4.51. The van der Waals surface area contributed by atoms with E-state index in [0.717, 1.165) is 5.56 Å². The van der Waals surface area contributed by atoms with Crippen LogP contribution in [0.1, 0.15) is 24.8 Å². The molecule has 1 unspecified atom stereocenters. The number of carbonyl (C=O) groups excluding carboxylic acids is 1. The third-order valence-corrected chi connectivity index (χ3v) is 2.70. The van der Waals surface area contributed by atoms with Gasteiger partial charge in [0.25, 0.3) is 0 Å². The lowest BCUT2D eigenvalue weighted by Gasteiger charge is -2.08. The van der Waals surface area contributed by atoms with Gasteiger partial charge in [-0.3, -0.25) is 14.4 Å². The van der Waals surface area contributed by atoms with Crippen molar-refractivity contribution in [2.24, 2.45) is 5.73 Å². The zero-order valence-corrected chi connectivity index (χ0v) is 11.3. The number of benzene rings is 1. The van der Waals surface area contributed by atoms with E-state index in [-0.39, 0.29) is 25.7 Å². The van der Waals surface area contributed by atoms with E-state index in [9.17, 15) is 14.4 Å². The molecule has 1 rings (SSSR count). The van der Waals surface area contributed by atoms with E-state index in [0.29, 0.717) is 5.75 Å². The Balaban J connectivity index is 2.45. The molecule has 0 aliphatic heterocycles. The molecule has 0 aromatic heterocycles. The number of hydrogen-bond acceptors (Lipinski definition) is 5. The van der Waals surface area contributed by atoms with Crippen LogP contribution in [0.3, 0.4) is 0 Å². The van der Waals surface area contributed by atoms with Gasteiger partial charge >= 0.3 is 17.9 Å². The van der Waals surface area contributed by atoms with Crippen LogP contribution in [0.2, 0.25) is 0 Å². The Labute approximate surface area is 121 Å². The fourth-order valence-corrected chi connectivity index (χ4v) is 1.60. The molecule has 0 amide bonds. The number of esters is 1. The van der Waals surface area contributed by atoms with Crippen LogP contribution >= 0.6 is 0 Å². The lowest BCUT2D eigenvalue weighted by Crippen LogP contribution is -2.32. The summed E-state index contributed by atoms with van der Waals surface area (Å²) in [5.41, 5.74) is 6.13. The van der Waals surface area contributed by atoms with Crippen LogP contribution in [0.4, 0.5) is 0 Å². The summed E-state index contributed by atoms with van der Waals surface area (Å²) < 4.78 is 5.02. The first-order chi connectivity index (χ1) is 9.88. The largest absolute Gasteiger partial charge is 0.481 e. The summed E-state index contributed by atoms with van der Waals surface area (Å²) in [6.07, 6.45) is 0.348. The summed E-state index contributed by atoms with van der Waals surface area (Å²) >= 11 is 0. The summed E-state index contributed by atoms with van der Waals surface area (Å²) in [5, 5.41) is 17.2. The molecule has 1 atom stereocenters. The summed E-state index contributed by atoms with van der Waals surface area (Å²) in [5.74, 6) is -2.22. The number of aliphatic carboxylic acids is 2. The molecule has 7 nitrogen and oxygen atoms in total. The Morgan fingerprint density at radius 3 is 2.24 bits per heavy atom. The number of nitrogens with two attached hydrogens (primary N) is 1. The van der Waals surface area contributed by atoms with Crippen LogP contribution in [0, 0.1) is 0 Å². The first-order valence-electron chi connectivity index (χ1n) is 6.38. The van der Waals surface area contributed by atoms with E-state index in [4.69, 9.17) is 20.7 Å². The Hall–Kier alpha value is -2.41. The van der Waals surface area contributed by atoms with E-state index >= 15 is 0 Å². The number of carboxylic acid groups (broad SMARTS) is 2. The molecule has 0 spiro atoms. The van der Waals surface area contributed by atoms with Gasteiger partial charge in [-0.15, -0.1) is 0 Å². The van der Waals surface area contributed by atoms with Gasteiger partial charge in [0.1, 0.15) is 11.8 Å². The van der Waals surface area contributed by atoms with Crippen LogP contribution in [-0.4, -0.2) is 34.2 Å². The first kappa shape index (κ1) is 16.6. The topological polar surface area (TPSA) is 127 Å². The van der Waals surface area contributed by atoms with Crippen LogP contribution < -0.4 is 10.5 Å². The Kier molecular flexibility index (Phi) is 6.35. The van der Waals surface area contributed by atoms with Crippen LogP contribution in [0.15, 0.2) is 24.3 Å². The molecule has 1 aromatic carbocycles. The van der Waals surface area contributed by atoms with Crippen molar-refractivity contribution >= 4 is 17.9 Å². The third kappa shape index (κ3) is 6.53. The van der Waals surface area contributed by atoms with E-state index < -0.39 is 23.9 Å². The molecule has 114 valence electrons. The molecular weight excluding hydrogens is 278 g/mol. The fraction of sp³-hybridized carbons (Fsp3) is 0.357. The SMILES string of the molecule is NC(Cc1ccc(OC(=O)CCCC(=O)O)cc1)C(=O)O. The van der Waals surface area contributed by atoms with Gasteiger partial charge in [-0.05, 0) is 30.5 Å². The van der Waals surface area contributed by atoms with E-state index in [1.54, 1.807) is 24.3 Å². The maximum Gasteiger partial charge on any atom is 0.320 e. The van der Waals surface area contributed by atoms with Crippen molar-refractivity contribution in [1.29, 1.82) is 0 Å². The zero-order chi connectivity index (χ0) is 15.8. The molecule has 0 bridgehead atoms. The van der Waals surface area contributed by atoms with Gasteiger partial charge in [-0.25, -0.2) is 0 Å². The van der Waals surface area contributed by atoms with Gasteiger partial charge in [0.15, 0.2) is 0 Å². The minimum atomic E-state index is -1.08. The molecule has 21 heavy (non-hydrogen) atoms. The molecular formula is C14H17NO6. The first-order valence-corrected chi connectivity index (χ1v) is 6.38. The van der Waals surface area contributed by atoms with Crippen molar-refractivity contribution in [2.45, 2.75) is 31.7 Å². The number of rotatable bonds is 8. The van der Waals surface area contributed by atoms with Crippen LogP contribution in [-0.2, 0) is 20.8 Å². The van der Waals surface area contributed by atoms with Gasteiger partial charge in [-0.1, -0.05) is 12.1 Å². The Bertz CT molecular complexity index is 511. The molecule has 0 aliphatic carbocycles. The van der Waals surface area contributed by atoms with Crippen molar-refractivity contribution in [2.75, 3.05) is 0 Å². The standard InChI is InChI=1S/C14H17NO6/c15-11(14(19)20)8-9-4-6-10(7-5-9)21-13(18)3-1-2-12(16)17/h4-7,11H,1-3,8,15H2,(H,16,17)(H,19,20). The van der Waals surface area contributed by atoms with Gasteiger partial charge in [0.2, 0.25) is 0 Å². The summed E-state index contributed by atoms with van der Waals surface area (Å²) in [6, 6.07) is 5.36. The highest BCUT2D eigenvalue weighted by Crippen LogP contribution is 2.14. The van der Waals surface area contributed by atoms with Crippen LogP contribution in [0.25, 0.3) is 0 Å². The predicted octanol–water partition coefficient (Wildman–Crippen LogP) is 0.801. The number of carboxylic acids is 2. The molecule has 0 saturated carbocycles. The second kappa shape index (κ2) is 8.01. The minimum absolute atomic E-state index is 0.0257. The quantitative estimate of drug-likeness (QED) is 0.478. The van der Waals surface area contributed by atoms with Crippen molar-refractivity contribution < 1.29 is 29.3 Å². The molecule has 1 aromatic rings. The van der Waals surface area contributed by atoms with Crippen molar-refractivity contribution in [1.82, 2.24) is 0 Å². The second-order valence-electron chi connectivity index (χ2n) is 4.51. The monoisotopic (exact) mass is 295 g/mol. The van der Waals surface area contributed by atoms with E-state index in [2.05, 4.69) is 0 Å². The summed E-state index contributed by atoms with van der Waals surface area (Å²) in [7, 11) is 0. The maximum absolute atomic E-state index is 11.4. The molecule has 0 heterocycles. The van der Waals surface area contributed by atoms with E-state index in [1.807, 2.05) is 0 Å². The average molecular weight is 295 g/mol. The normalized spacial score (nSPS) is 11.7. The predicted molar refractivity (Wildman–Crippen MR) is 72.9 cm³/mol. The fourth-order valence-electron chi connectivity index (χ4n) is 1.60. The highest BCUT2D eigenvalue weighted by atomic mass is 16.5. The number of carbonyl (C=O) groups is 3. The average Bonchev–Trinajstić information content (AvgIpc) is 2.40. The maximum atomic E-state index is 11.4. The molecule has 4 N–H and O–H groups in total. The van der Waals surface area contributed by atoms with Crippen molar-refractivity contribution in [3.63, 3.8) is 0 Å². The lowest BCUT2D eigenvalue weighted by atomic mass is 10.1. The zero-order valence-electron chi connectivity index (χ0n) is 11.3. The van der Waals surface area contributed by atoms with Crippen molar-refractivity contribution in [3.8, 4) is 5.75 Å². The molecule has 7 heteroatoms. The minimum Gasteiger partial charge on any atom is -0.481 e. The molecule has 0 radical (unpaired) electrons. The molecule has 0 aliphatic rings. The number of hydrogen-bond donors (Lipinski definition) is 3. The van der Waals surface area contributed by atoms with Gasteiger partial charge in [0.05, 0.1) is 0 Å². The number of ether oxygens (including phenoxy) is 1. The molecule has 0 saturated heterocycles. The Morgan fingerprint density at radius 1 is 1.10 bits per heavy atom. The lowest BCUT2D eigenvalue weighted by molar-refractivity contribution is -0.139. The van der Waals surface area contributed by atoms with Gasteiger partial charge in [-0.2, -0.15) is 0 Å². The van der Waals surface area contributed by atoms with Gasteiger partial charge in [0, 0.05) is 12.8 Å². The van der Waals surface area contributed by atoms with Crippen molar-refractivity contribution in [3.05, 3.63) is 29.8 Å². The summed E-state index contributed by atoms with van der Waals surface area (Å²) in [6.45, 7) is 0.